The van der Waals surface area contributed by atoms with Gasteiger partial charge in [0.2, 0.25) is 0 Å². The van der Waals surface area contributed by atoms with E-state index in [4.69, 9.17) is 5.73 Å². The van der Waals surface area contributed by atoms with Crippen LogP contribution in [0.5, 0.6) is 0 Å². The van der Waals surface area contributed by atoms with Crippen LogP contribution in [0.15, 0.2) is 36.5 Å². The maximum Gasteiger partial charge on any atom is 0.127 e. The summed E-state index contributed by atoms with van der Waals surface area (Å²) >= 11 is 0. The fourth-order valence-electron chi connectivity index (χ4n) is 2.43. The molecule has 0 unspecified atom stereocenters. The van der Waals surface area contributed by atoms with Gasteiger partial charge < -0.3 is 5.73 Å². The van der Waals surface area contributed by atoms with Crippen molar-refractivity contribution < 1.29 is 0 Å². The lowest BCUT2D eigenvalue weighted by Crippen LogP contribution is -2.02. The van der Waals surface area contributed by atoms with Gasteiger partial charge in [-0.05, 0) is 24.6 Å². The average molecular weight is 252 g/mol. The SMILES string of the molecule is Cc1ccnc(N)c1Cc1nn(C)c2ccccc12. The zero-order valence-electron chi connectivity index (χ0n) is 11.1. The predicted octanol–water partition coefficient (Wildman–Crippen LogP) is 2.45. The van der Waals surface area contributed by atoms with Gasteiger partial charge in [-0.2, -0.15) is 5.10 Å². The number of pyridine rings is 1. The zero-order valence-corrected chi connectivity index (χ0v) is 11.1. The molecule has 1 aromatic carbocycles. The Bertz CT molecular complexity index is 723. The van der Waals surface area contributed by atoms with Gasteiger partial charge >= 0.3 is 0 Å². The van der Waals surface area contributed by atoms with Crippen LogP contribution in [0, 0.1) is 6.92 Å². The number of nitrogens with two attached hydrogens (primary N) is 1. The van der Waals surface area contributed by atoms with Crippen molar-refractivity contribution in [1.29, 1.82) is 0 Å². The Morgan fingerprint density at radius 2 is 2.00 bits per heavy atom. The van der Waals surface area contributed by atoms with Gasteiger partial charge in [0, 0.05) is 30.6 Å². The van der Waals surface area contributed by atoms with Gasteiger partial charge in [0.05, 0.1) is 11.2 Å². The Labute approximate surface area is 111 Å². The third-order valence-electron chi connectivity index (χ3n) is 3.50. The highest BCUT2D eigenvalue weighted by atomic mass is 15.3. The van der Waals surface area contributed by atoms with E-state index in [2.05, 4.69) is 29.1 Å². The Kier molecular flexibility index (Phi) is 2.71. The summed E-state index contributed by atoms with van der Waals surface area (Å²) in [6.07, 6.45) is 2.46. The van der Waals surface area contributed by atoms with Crippen molar-refractivity contribution in [2.45, 2.75) is 13.3 Å². The number of rotatable bonds is 2. The van der Waals surface area contributed by atoms with Crippen molar-refractivity contribution in [2.24, 2.45) is 7.05 Å². The Morgan fingerprint density at radius 1 is 1.21 bits per heavy atom. The van der Waals surface area contributed by atoms with Crippen molar-refractivity contribution in [3.8, 4) is 0 Å². The van der Waals surface area contributed by atoms with E-state index < -0.39 is 0 Å². The van der Waals surface area contributed by atoms with Crippen LogP contribution in [0.4, 0.5) is 5.82 Å². The molecule has 2 heterocycles. The van der Waals surface area contributed by atoms with Gasteiger partial charge in [-0.1, -0.05) is 18.2 Å². The Morgan fingerprint density at radius 3 is 2.79 bits per heavy atom. The molecule has 4 nitrogen and oxygen atoms in total. The second kappa shape index (κ2) is 4.39. The molecule has 0 aliphatic heterocycles. The molecule has 0 saturated carbocycles. The quantitative estimate of drug-likeness (QED) is 0.762. The summed E-state index contributed by atoms with van der Waals surface area (Å²) in [7, 11) is 1.96. The minimum atomic E-state index is 0.592. The number of aryl methyl sites for hydroxylation is 2. The first-order valence-corrected chi connectivity index (χ1v) is 6.27. The van der Waals surface area contributed by atoms with Gasteiger partial charge in [-0.15, -0.1) is 0 Å². The second-order valence-corrected chi connectivity index (χ2v) is 4.76. The molecule has 3 rings (SSSR count). The molecule has 0 saturated heterocycles. The van der Waals surface area contributed by atoms with Crippen LogP contribution < -0.4 is 5.73 Å². The number of anilines is 1. The first-order valence-electron chi connectivity index (χ1n) is 6.27. The summed E-state index contributed by atoms with van der Waals surface area (Å²) in [4.78, 5) is 4.17. The maximum absolute atomic E-state index is 5.97. The number of nitrogens with zero attached hydrogens (tertiary/aromatic N) is 3. The summed E-state index contributed by atoms with van der Waals surface area (Å²) in [5.41, 5.74) is 10.4. The van der Waals surface area contributed by atoms with Gasteiger partial charge in [0.1, 0.15) is 5.82 Å². The molecule has 0 aliphatic carbocycles. The number of nitrogen functional groups attached to an aromatic ring is 1. The second-order valence-electron chi connectivity index (χ2n) is 4.76. The predicted molar refractivity (Wildman–Crippen MR) is 76.9 cm³/mol. The van der Waals surface area contributed by atoms with Gasteiger partial charge in [0.15, 0.2) is 0 Å². The van der Waals surface area contributed by atoms with Crippen LogP contribution in [0.1, 0.15) is 16.8 Å². The summed E-state index contributed by atoms with van der Waals surface area (Å²) in [5.74, 6) is 0.592. The van der Waals surface area contributed by atoms with Crippen molar-refractivity contribution >= 4 is 16.7 Å². The number of fused-ring (bicyclic) bond motifs is 1. The van der Waals surface area contributed by atoms with E-state index in [-0.39, 0.29) is 0 Å². The highest BCUT2D eigenvalue weighted by Gasteiger charge is 2.12. The molecule has 96 valence electrons. The highest BCUT2D eigenvalue weighted by Crippen LogP contribution is 2.23. The van der Waals surface area contributed by atoms with E-state index in [9.17, 15) is 0 Å². The standard InChI is InChI=1S/C15H16N4/c1-10-7-8-17-15(16)12(10)9-13-11-5-3-4-6-14(11)19(2)18-13/h3-8H,9H2,1-2H3,(H2,16,17). The first-order chi connectivity index (χ1) is 9.16. The molecule has 0 radical (unpaired) electrons. The van der Waals surface area contributed by atoms with Crippen molar-refractivity contribution in [3.63, 3.8) is 0 Å². The van der Waals surface area contributed by atoms with Crippen LogP contribution in [0.25, 0.3) is 10.9 Å². The third-order valence-corrected chi connectivity index (χ3v) is 3.50. The molecule has 2 aromatic heterocycles. The van der Waals surface area contributed by atoms with E-state index in [0.29, 0.717) is 12.2 Å². The largest absolute Gasteiger partial charge is 0.383 e. The van der Waals surface area contributed by atoms with Gasteiger partial charge in [0.25, 0.3) is 0 Å². The average Bonchev–Trinajstić information content (AvgIpc) is 2.72. The molecule has 0 atom stereocenters. The lowest BCUT2D eigenvalue weighted by molar-refractivity contribution is 0.773. The van der Waals surface area contributed by atoms with E-state index >= 15 is 0 Å². The van der Waals surface area contributed by atoms with E-state index in [1.807, 2.05) is 29.9 Å². The van der Waals surface area contributed by atoms with Crippen LogP contribution in [-0.4, -0.2) is 14.8 Å². The van der Waals surface area contributed by atoms with Crippen molar-refractivity contribution in [2.75, 3.05) is 5.73 Å². The number of hydrogen-bond acceptors (Lipinski definition) is 3. The van der Waals surface area contributed by atoms with E-state index in [1.54, 1.807) is 6.20 Å². The number of benzene rings is 1. The van der Waals surface area contributed by atoms with Crippen LogP contribution in [-0.2, 0) is 13.5 Å². The fourth-order valence-corrected chi connectivity index (χ4v) is 2.43. The lowest BCUT2D eigenvalue weighted by Gasteiger charge is -2.06. The van der Waals surface area contributed by atoms with Crippen LogP contribution in [0.2, 0.25) is 0 Å². The normalized spacial score (nSPS) is 11.1. The number of para-hydroxylation sites is 1. The van der Waals surface area contributed by atoms with Gasteiger partial charge in [-0.3, -0.25) is 4.68 Å². The molecule has 0 spiro atoms. The molecule has 0 bridgehead atoms. The van der Waals surface area contributed by atoms with E-state index in [0.717, 1.165) is 22.3 Å². The number of aromatic nitrogens is 3. The molecular formula is C15H16N4. The van der Waals surface area contributed by atoms with E-state index in [1.165, 1.54) is 5.39 Å². The summed E-state index contributed by atoms with van der Waals surface area (Å²) in [5, 5.41) is 5.77. The fraction of sp³-hybridized carbons (Fsp3) is 0.200. The molecule has 4 heteroatoms. The molecule has 2 N–H and O–H groups in total. The number of hydrogen-bond donors (Lipinski definition) is 1. The zero-order chi connectivity index (χ0) is 13.4. The van der Waals surface area contributed by atoms with Crippen molar-refractivity contribution in [1.82, 2.24) is 14.8 Å². The Hall–Kier alpha value is -2.36. The maximum atomic E-state index is 5.97. The monoisotopic (exact) mass is 252 g/mol. The smallest absolute Gasteiger partial charge is 0.127 e. The summed E-state index contributed by atoms with van der Waals surface area (Å²) in [6.45, 7) is 2.05. The van der Waals surface area contributed by atoms with Crippen LogP contribution in [0.3, 0.4) is 0 Å². The van der Waals surface area contributed by atoms with Crippen LogP contribution >= 0.6 is 0 Å². The molecule has 0 fully saturated rings. The first kappa shape index (κ1) is 11.7. The molecule has 0 aliphatic rings. The molecule has 19 heavy (non-hydrogen) atoms. The van der Waals surface area contributed by atoms with Crippen molar-refractivity contribution in [3.05, 3.63) is 53.3 Å². The molecular weight excluding hydrogens is 236 g/mol. The Balaban J connectivity index is 2.11. The molecule has 0 amide bonds. The lowest BCUT2D eigenvalue weighted by atomic mass is 10.0. The minimum absolute atomic E-state index is 0.592. The van der Waals surface area contributed by atoms with Gasteiger partial charge in [-0.25, -0.2) is 4.98 Å². The minimum Gasteiger partial charge on any atom is -0.383 e. The molecule has 3 aromatic rings. The summed E-state index contributed by atoms with van der Waals surface area (Å²) in [6, 6.07) is 10.2. The highest BCUT2D eigenvalue weighted by molar-refractivity contribution is 5.82. The topological polar surface area (TPSA) is 56.7 Å². The third kappa shape index (κ3) is 1.95. The summed E-state index contributed by atoms with van der Waals surface area (Å²) < 4.78 is 1.91.